The third kappa shape index (κ3) is 5.69. The van der Waals surface area contributed by atoms with Crippen LogP contribution in [0.4, 0.5) is 13.2 Å². The first-order valence-electron chi connectivity index (χ1n) is 9.03. The number of aromatic nitrogens is 2. The Balaban J connectivity index is 1.55. The van der Waals surface area contributed by atoms with Crippen molar-refractivity contribution >= 4 is 5.91 Å². The Morgan fingerprint density at radius 1 is 1.03 bits per heavy atom. The van der Waals surface area contributed by atoms with Gasteiger partial charge in [-0.1, -0.05) is 36.4 Å². The Morgan fingerprint density at radius 2 is 1.80 bits per heavy atom. The molecule has 0 spiro atoms. The van der Waals surface area contributed by atoms with Crippen molar-refractivity contribution in [3.8, 4) is 5.75 Å². The zero-order chi connectivity index (χ0) is 21.6. The second-order valence-corrected chi connectivity index (χ2v) is 6.33. The van der Waals surface area contributed by atoms with Crippen molar-refractivity contribution in [2.75, 3.05) is 13.2 Å². The summed E-state index contributed by atoms with van der Waals surface area (Å²) in [5.41, 5.74) is -0.249. The van der Waals surface area contributed by atoms with E-state index in [0.29, 0.717) is 0 Å². The second-order valence-electron chi connectivity index (χ2n) is 6.33. The average molecular weight is 417 g/mol. The first kappa shape index (κ1) is 21.1. The molecule has 6 nitrogen and oxygen atoms in total. The highest BCUT2D eigenvalue weighted by molar-refractivity contribution is 5.91. The number of hydrogen-bond acceptors (Lipinski definition) is 4. The first-order valence-corrected chi connectivity index (χ1v) is 9.03. The van der Waals surface area contributed by atoms with Gasteiger partial charge < -0.3 is 10.1 Å². The Labute approximate surface area is 169 Å². The molecule has 1 amide bonds. The van der Waals surface area contributed by atoms with E-state index in [0.717, 1.165) is 17.7 Å². The summed E-state index contributed by atoms with van der Waals surface area (Å²) in [6, 6.07) is 16.3. The Bertz CT molecular complexity index is 1070. The van der Waals surface area contributed by atoms with Gasteiger partial charge >= 0.3 is 6.18 Å². The molecular weight excluding hydrogens is 399 g/mol. The molecule has 0 aliphatic carbocycles. The molecule has 0 saturated heterocycles. The van der Waals surface area contributed by atoms with Crippen LogP contribution >= 0.6 is 0 Å². The van der Waals surface area contributed by atoms with Gasteiger partial charge in [0.15, 0.2) is 0 Å². The van der Waals surface area contributed by atoms with Gasteiger partial charge in [-0.05, 0) is 29.8 Å². The Kier molecular flexibility index (Phi) is 6.51. The molecule has 0 fully saturated rings. The molecule has 156 valence electrons. The van der Waals surface area contributed by atoms with Crippen molar-refractivity contribution in [2.24, 2.45) is 0 Å². The van der Waals surface area contributed by atoms with Gasteiger partial charge in [-0.3, -0.25) is 9.59 Å². The topological polar surface area (TPSA) is 73.2 Å². The maximum Gasteiger partial charge on any atom is 0.416 e. The highest BCUT2D eigenvalue weighted by Gasteiger charge is 2.30. The van der Waals surface area contributed by atoms with E-state index in [1.807, 2.05) is 30.3 Å². The van der Waals surface area contributed by atoms with Gasteiger partial charge in [0.05, 0.1) is 18.7 Å². The van der Waals surface area contributed by atoms with Crippen LogP contribution in [0.15, 0.2) is 71.5 Å². The number of nitrogens with one attached hydrogen (secondary N) is 1. The molecule has 0 bridgehead atoms. The van der Waals surface area contributed by atoms with E-state index in [4.69, 9.17) is 4.74 Å². The molecule has 0 atom stereocenters. The standard InChI is InChI=1S/C21H18F3N3O3/c22-21(23,24)16-7-4-8-17(13-16)30-12-11-25-20(29)18-9-10-19(28)27(26-18)14-15-5-2-1-3-6-15/h1-10,13H,11-12,14H2,(H,25,29). The number of carbonyl (C=O) groups is 1. The molecule has 3 rings (SSSR count). The SMILES string of the molecule is O=C(NCCOc1cccc(C(F)(F)F)c1)c1ccc(=O)n(Cc2ccccc2)n1. The van der Waals surface area contributed by atoms with Gasteiger partial charge in [0.1, 0.15) is 18.1 Å². The lowest BCUT2D eigenvalue weighted by atomic mass is 10.2. The summed E-state index contributed by atoms with van der Waals surface area (Å²) in [5, 5.41) is 6.63. The van der Waals surface area contributed by atoms with E-state index < -0.39 is 17.6 Å². The van der Waals surface area contributed by atoms with Crippen LogP contribution in [0.25, 0.3) is 0 Å². The maximum absolute atomic E-state index is 12.7. The third-order valence-corrected chi connectivity index (χ3v) is 4.09. The number of benzene rings is 2. The summed E-state index contributed by atoms with van der Waals surface area (Å²) < 4.78 is 44.6. The lowest BCUT2D eigenvalue weighted by Gasteiger charge is -2.11. The van der Waals surface area contributed by atoms with Gasteiger partial charge in [-0.15, -0.1) is 0 Å². The van der Waals surface area contributed by atoms with Crippen LogP contribution in [0, 0.1) is 0 Å². The minimum Gasteiger partial charge on any atom is -0.492 e. The summed E-state index contributed by atoms with van der Waals surface area (Å²) in [6.45, 7) is 0.241. The van der Waals surface area contributed by atoms with E-state index >= 15 is 0 Å². The summed E-state index contributed by atoms with van der Waals surface area (Å²) in [6.07, 6.45) is -4.46. The fourth-order valence-electron chi connectivity index (χ4n) is 2.63. The van der Waals surface area contributed by atoms with E-state index in [9.17, 15) is 22.8 Å². The number of amides is 1. The average Bonchev–Trinajstić information content (AvgIpc) is 2.73. The normalized spacial score (nSPS) is 11.2. The number of ether oxygens (including phenoxy) is 1. The molecule has 0 unspecified atom stereocenters. The van der Waals surface area contributed by atoms with Crippen molar-refractivity contribution in [3.63, 3.8) is 0 Å². The number of hydrogen-bond donors (Lipinski definition) is 1. The smallest absolute Gasteiger partial charge is 0.416 e. The Hall–Kier alpha value is -3.62. The van der Waals surface area contributed by atoms with E-state index in [-0.39, 0.29) is 36.7 Å². The summed E-state index contributed by atoms with van der Waals surface area (Å²) in [5.74, 6) is -0.474. The lowest BCUT2D eigenvalue weighted by Crippen LogP contribution is -2.32. The molecule has 0 radical (unpaired) electrons. The van der Waals surface area contributed by atoms with Gasteiger partial charge in [0.2, 0.25) is 0 Å². The van der Waals surface area contributed by atoms with Gasteiger partial charge in [-0.2, -0.15) is 18.3 Å². The molecule has 2 aromatic carbocycles. The van der Waals surface area contributed by atoms with Crippen molar-refractivity contribution in [2.45, 2.75) is 12.7 Å². The monoisotopic (exact) mass is 417 g/mol. The van der Waals surface area contributed by atoms with Crippen LogP contribution in [0.3, 0.4) is 0 Å². The lowest BCUT2D eigenvalue weighted by molar-refractivity contribution is -0.137. The number of carbonyl (C=O) groups excluding carboxylic acids is 1. The van der Waals surface area contributed by atoms with Crippen LogP contribution < -0.4 is 15.6 Å². The number of nitrogens with zero attached hydrogens (tertiary/aromatic N) is 2. The van der Waals surface area contributed by atoms with Crippen molar-refractivity contribution < 1.29 is 22.7 Å². The van der Waals surface area contributed by atoms with Gasteiger partial charge in [0.25, 0.3) is 11.5 Å². The van der Waals surface area contributed by atoms with Crippen LogP contribution in [-0.4, -0.2) is 28.8 Å². The van der Waals surface area contributed by atoms with Crippen LogP contribution in [0.5, 0.6) is 5.75 Å². The van der Waals surface area contributed by atoms with Gasteiger partial charge in [-0.25, -0.2) is 4.68 Å². The summed E-state index contributed by atoms with van der Waals surface area (Å²) in [7, 11) is 0. The highest BCUT2D eigenvalue weighted by Crippen LogP contribution is 2.31. The molecule has 9 heteroatoms. The molecule has 0 saturated carbocycles. The fraction of sp³-hybridized carbons (Fsp3) is 0.190. The molecule has 0 aliphatic rings. The minimum absolute atomic E-state index is 0.0310. The van der Waals surface area contributed by atoms with Crippen molar-refractivity contribution in [1.29, 1.82) is 0 Å². The maximum atomic E-state index is 12.7. The predicted octanol–water partition coefficient (Wildman–Crippen LogP) is 3.12. The predicted molar refractivity (Wildman–Crippen MR) is 103 cm³/mol. The number of rotatable bonds is 7. The molecule has 1 heterocycles. The minimum atomic E-state index is -4.46. The quantitative estimate of drug-likeness (QED) is 0.600. The number of alkyl halides is 3. The van der Waals surface area contributed by atoms with E-state index in [2.05, 4.69) is 10.4 Å². The third-order valence-electron chi connectivity index (χ3n) is 4.09. The number of halogens is 3. The molecule has 1 aromatic heterocycles. The molecular formula is C21H18F3N3O3. The van der Waals surface area contributed by atoms with E-state index in [1.165, 1.54) is 28.9 Å². The molecule has 30 heavy (non-hydrogen) atoms. The molecule has 1 N–H and O–H groups in total. The van der Waals surface area contributed by atoms with Crippen LogP contribution in [0.1, 0.15) is 21.6 Å². The zero-order valence-corrected chi connectivity index (χ0v) is 15.7. The van der Waals surface area contributed by atoms with Gasteiger partial charge in [0, 0.05) is 6.07 Å². The fourth-order valence-corrected chi connectivity index (χ4v) is 2.63. The largest absolute Gasteiger partial charge is 0.492 e. The molecule has 3 aromatic rings. The summed E-state index contributed by atoms with van der Waals surface area (Å²) >= 11 is 0. The zero-order valence-electron chi connectivity index (χ0n) is 15.7. The van der Waals surface area contributed by atoms with Crippen molar-refractivity contribution in [1.82, 2.24) is 15.1 Å². The van der Waals surface area contributed by atoms with Crippen LogP contribution in [-0.2, 0) is 12.7 Å². The van der Waals surface area contributed by atoms with E-state index in [1.54, 1.807) is 0 Å². The second kappa shape index (κ2) is 9.25. The Morgan fingerprint density at radius 3 is 2.53 bits per heavy atom. The van der Waals surface area contributed by atoms with Crippen molar-refractivity contribution in [3.05, 3.63) is 93.9 Å². The highest BCUT2D eigenvalue weighted by atomic mass is 19.4. The first-order chi connectivity index (χ1) is 14.3. The molecule has 0 aliphatic heterocycles. The van der Waals surface area contributed by atoms with Crippen LogP contribution in [0.2, 0.25) is 0 Å². The summed E-state index contributed by atoms with van der Waals surface area (Å²) in [4.78, 5) is 24.2.